The Hall–Kier alpha value is -2.73. The molecule has 26 heavy (non-hydrogen) atoms. The first-order valence-corrected chi connectivity index (χ1v) is 8.18. The van der Waals surface area contributed by atoms with Gasteiger partial charge in [-0.2, -0.15) is 5.10 Å². The highest BCUT2D eigenvalue weighted by atomic mass is 35.5. The van der Waals surface area contributed by atoms with E-state index in [0.717, 1.165) is 33.9 Å². The third-order valence-electron chi connectivity index (χ3n) is 4.70. The SMILES string of the molecule is Cc1cc(N2C(=O)C(C)(C)c3ccc(-c4cnc(C)nc4)cc32)[nH]n1.Cl. The molecular weight excluding hydrogens is 350 g/mol. The van der Waals surface area contributed by atoms with Crippen LogP contribution < -0.4 is 4.90 Å². The van der Waals surface area contributed by atoms with Gasteiger partial charge in [-0.3, -0.25) is 14.8 Å². The molecule has 3 aromatic rings. The highest BCUT2D eigenvalue weighted by molar-refractivity contribution is 6.12. The lowest BCUT2D eigenvalue weighted by molar-refractivity contribution is -0.121. The number of fused-ring (bicyclic) bond motifs is 1. The number of rotatable bonds is 2. The van der Waals surface area contributed by atoms with Gasteiger partial charge in [-0.05, 0) is 44.9 Å². The molecule has 1 aromatic carbocycles. The molecule has 0 fully saturated rings. The first kappa shape index (κ1) is 18.1. The van der Waals surface area contributed by atoms with E-state index in [4.69, 9.17) is 0 Å². The lowest BCUT2D eigenvalue weighted by Gasteiger charge is -2.18. The Morgan fingerprint density at radius 2 is 1.73 bits per heavy atom. The van der Waals surface area contributed by atoms with Crippen molar-refractivity contribution >= 4 is 29.8 Å². The van der Waals surface area contributed by atoms with Gasteiger partial charge in [-0.15, -0.1) is 12.4 Å². The van der Waals surface area contributed by atoms with Gasteiger partial charge in [0.15, 0.2) is 0 Å². The Kier molecular flexibility index (Phi) is 4.32. The van der Waals surface area contributed by atoms with E-state index in [1.807, 2.05) is 52.0 Å². The topological polar surface area (TPSA) is 74.8 Å². The van der Waals surface area contributed by atoms with Crippen molar-refractivity contribution < 1.29 is 4.79 Å². The Bertz CT molecular complexity index is 978. The van der Waals surface area contributed by atoms with Crippen molar-refractivity contribution in [3.05, 3.63) is 53.7 Å². The number of aryl methyl sites for hydroxylation is 2. The molecule has 3 heterocycles. The summed E-state index contributed by atoms with van der Waals surface area (Å²) in [5, 5.41) is 7.12. The first-order chi connectivity index (χ1) is 11.9. The lowest BCUT2D eigenvalue weighted by Crippen LogP contribution is -2.33. The smallest absolute Gasteiger partial charge is 0.242 e. The van der Waals surface area contributed by atoms with E-state index < -0.39 is 5.41 Å². The lowest BCUT2D eigenvalue weighted by atomic mass is 9.85. The molecule has 2 aromatic heterocycles. The molecule has 1 aliphatic heterocycles. The van der Waals surface area contributed by atoms with Crippen molar-refractivity contribution in [1.29, 1.82) is 0 Å². The average Bonchev–Trinajstić information content (AvgIpc) is 3.08. The fourth-order valence-electron chi connectivity index (χ4n) is 3.23. The summed E-state index contributed by atoms with van der Waals surface area (Å²) < 4.78 is 0. The van der Waals surface area contributed by atoms with E-state index in [1.54, 1.807) is 17.3 Å². The summed E-state index contributed by atoms with van der Waals surface area (Å²) in [5.41, 5.74) is 4.03. The van der Waals surface area contributed by atoms with E-state index in [-0.39, 0.29) is 18.3 Å². The van der Waals surface area contributed by atoms with E-state index in [1.165, 1.54) is 0 Å². The van der Waals surface area contributed by atoms with Gasteiger partial charge in [0.25, 0.3) is 0 Å². The molecule has 0 saturated heterocycles. The van der Waals surface area contributed by atoms with Crippen LogP contribution in [0.2, 0.25) is 0 Å². The number of aromatic amines is 1. The van der Waals surface area contributed by atoms with Gasteiger partial charge in [0.1, 0.15) is 11.6 Å². The van der Waals surface area contributed by atoms with Crippen LogP contribution in [0.1, 0.15) is 30.9 Å². The quantitative estimate of drug-likeness (QED) is 0.744. The van der Waals surface area contributed by atoms with Crippen molar-refractivity contribution in [3.63, 3.8) is 0 Å². The van der Waals surface area contributed by atoms with Crippen LogP contribution in [0.25, 0.3) is 11.1 Å². The zero-order valence-electron chi connectivity index (χ0n) is 15.1. The first-order valence-electron chi connectivity index (χ1n) is 8.18. The maximum atomic E-state index is 13.0. The Labute approximate surface area is 158 Å². The number of halogens is 1. The minimum atomic E-state index is -0.587. The summed E-state index contributed by atoms with van der Waals surface area (Å²) in [6, 6.07) is 7.94. The molecule has 134 valence electrons. The molecule has 0 aliphatic carbocycles. The number of hydrogen-bond donors (Lipinski definition) is 1. The third kappa shape index (κ3) is 2.66. The summed E-state index contributed by atoms with van der Waals surface area (Å²) in [6.07, 6.45) is 3.60. The van der Waals surface area contributed by atoms with Gasteiger partial charge in [0, 0.05) is 24.0 Å². The molecule has 1 N–H and O–H groups in total. The van der Waals surface area contributed by atoms with E-state index >= 15 is 0 Å². The van der Waals surface area contributed by atoms with Crippen molar-refractivity contribution in [3.8, 4) is 11.1 Å². The summed E-state index contributed by atoms with van der Waals surface area (Å²) in [6.45, 7) is 7.65. The van der Waals surface area contributed by atoms with Crippen molar-refractivity contribution in [2.45, 2.75) is 33.1 Å². The van der Waals surface area contributed by atoms with Crippen molar-refractivity contribution in [2.75, 3.05) is 4.90 Å². The molecule has 7 heteroatoms. The number of amides is 1. The third-order valence-corrected chi connectivity index (χ3v) is 4.70. The number of carbonyl (C=O) groups excluding carboxylic acids is 1. The molecule has 0 spiro atoms. The second kappa shape index (κ2) is 6.21. The number of nitrogens with one attached hydrogen (secondary N) is 1. The van der Waals surface area contributed by atoms with Crippen LogP contribution in [0, 0.1) is 13.8 Å². The van der Waals surface area contributed by atoms with Gasteiger partial charge >= 0.3 is 0 Å². The van der Waals surface area contributed by atoms with E-state index in [2.05, 4.69) is 20.2 Å². The minimum Gasteiger partial charge on any atom is -0.273 e. The number of nitrogens with zero attached hydrogens (tertiary/aromatic N) is 4. The molecule has 0 saturated carbocycles. The minimum absolute atomic E-state index is 0. The van der Waals surface area contributed by atoms with Gasteiger partial charge < -0.3 is 0 Å². The number of carbonyl (C=O) groups is 1. The van der Waals surface area contributed by atoms with Crippen LogP contribution >= 0.6 is 12.4 Å². The number of H-pyrrole nitrogens is 1. The number of aromatic nitrogens is 4. The highest BCUT2D eigenvalue weighted by Crippen LogP contribution is 2.46. The fraction of sp³-hybridized carbons (Fsp3) is 0.263. The van der Waals surface area contributed by atoms with Gasteiger partial charge in [0.05, 0.1) is 16.8 Å². The Balaban J connectivity index is 0.00000196. The summed E-state index contributed by atoms with van der Waals surface area (Å²) >= 11 is 0. The van der Waals surface area contributed by atoms with Crippen LogP contribution in [0.3, 0.4) is 0 Å². The van der Waals surface area contributed by atoms with Crippen LogP contribution in [-0.4, -0.2) is 26.1 Å². The normalized spacial score (nSPS) is 14.9. The molecule has 0 atom stereocenters. The standard InChI is InChI=1S/C19H19N5O.ClH/c1-11-7-17(23-22-11)24-16-8-13(14-9-20-12(2)21-10-14)5-6-15(16)19(3,4)18(24)25;/h5-10H,1-4H3,(H,22,23);1H. The van der Waals surface area contributed by atoms with Crippen LogP contribution in [-0.2, 0) is 10.2 Å². The second-order valence-electron chi connectivity index (χ2n) is 6.91. The zero-order chi connectivity index (χ0) is 17.8. The second-order valence-corrected chi connectivity index (χ2v) is 6.91. The molecule has 4 rings (SSSR count). The van der Waals surface area contributed by atoms with Gasteiger partial charge in [0.2, 0.25) is 5.91 Å². The molecule has 0 bridgehead atoms. The molecule has 0 radical (unpaired) electrons. The maximum absolute atomic E-state index is 13.0. The molecular formula is C19H20ClN5O. The molecule has 1 amide bonds. The van der Waals surface area contributed by atoms with Crippen LogP contribution in [0.15, 0.2) is 36.7 Å². The van der Waals surface area contributed by atoms with Gasteiger partial charge in [-0.25, -0.2) is 9.97 Å². The molecule has 1 aliphatic rings. The van der Waals surface area contributed by atoms with E-state index in [9.17, 15) is 4.79 Å². The maximum Gasteiger partial charge on any atom is 0.242 e. The summed E-state index contributed by atoms with van der Waals surface area (Å²) in [4.78, 5) is 23.3. The van der Waals surface area contributed by atoms with E-state index in [0.29, 0.717) is 5.82 Å². The molecule has 0 unspecified atom stereocenters. The van der Waals surface area contributed by atoms with Crippen molar-refractivity contribution in [2.24, 2.45) is 0 Å². The van der Waals surface area contributed by atoms with Crippen molar-refractivity contribution in [1.82, 2.24) is 20.2 Å². The largest absolute Gasteiger partial charge is 0.273 e. The predicted octanol–water partition coefficient (Wildman–Crippen LogP) is 3.86. The summed E-state index contributed by atoms with van der Waals surface area (Å²) in [7, 11) is 0. The Morgan fingerprint density at radius 3 is 2.35 bits per heavy atom. The average molecular weight is 370 g/mol. The van der Waals surface area contributed by atoms with Crippen LogP contribution in [0.5, 0.6) is 0 Å². The number of anilines is 2. The number of benzene rings is 1. The molecule has 6 nitrogen and oxygen atoms in total. The number of hydrogen-bond acceptors (Lipinski definition) is 4. The monoisotopic (exact) mass is 369 g/mol. The Morgan fingerprint density at radius 1 is 1.04 bits per heavy atom. The zero-order valence-corrected chi connectivity index (χ0v) is 15.9. The van der Waals surface area contributed by atoms with Crippen LogP contribution in [0.4, 0.5) is 11.5 Å². The summed E-state index contributed by atoms with van der Waals surface area (Å²) in [5.74, 6) is 1.45. The highest BCUT2D eigenvalue weighted by Gasteiger charge is 2.45. The predicted molar refractivity (Wildman–Crippen MR) is 103 cm³/mol. The fourth-order valence-corrected chi connectivity index (χ4v) is 3.23. The van der Waals surface area contributed by atoms with Gasteiger partial charge in [-0.1, -0.05) is 12.1 Å².